The van der Waals surface area contributed by atoms with E-state index < -0.39 is 5.97 Å². The monoisotopic (exact) mass is 541 g/mol. The second-order valence-corrected chi connectivity index (χ2v) is 10.7. The Morgan fingerprint density at radius 1 is 0.975 bits per heavy atom. The number of ether oxygens (including phenoxy) is 2. The van der Waals surface area contributed by atoms with Crippen LogP contribution in [0.2, 0.25) is 0 Å². The van der Waals surface area contributed by atoms with Crippen molar-refractivity contribution < 1.29 is 24.5 Å². The highest BCUT2D eigenvalue weighted by molar-refractivity contribution is 5.80. The number of nitrogens with zero attached hydrogens (tertiary/aromatic N) is 1. The number of hydrogen-bond acceptors (Lipinski definition) is 5. The number of aliphatic hydroxyl groups is 1. The van der Waals surface area contributed by atoms with Gasteiger partial charge in [-0.3, -0.25) is 4.90 Å². The molecule has 210 valence electrons. The smallest absolute Gasteiger partial charge is 0.341 e. The van der Waals surface area contributed by atoms with Gasteiger partial charge in [0.1, 0.15) is 18.1 Å². The third kappa shape index (κ3) is 9.30. The molecule has 3 aromatic rings. The summed E-state index contributed by atoms with van der Waals surface area (Å²) in [5.41, 5.74) is 6.28. The maximum Gasteiger partial charge on any atom is 0.341 e. The summed E-state index contributed by atoms with van der Waals surface area (Å²) in [5, 5.41) is 17.9. The molecule has 2 N–H and O–H groups in total. The van der Waals surface area contributed by atoms with E-state index >= 15 is 0 Å². The zero-order valence-corrected chi connectivity index (χ0v) is 24.0. The molecule has 0 aliphatic carbocycles. The van der Waals surface area contributed by atoms with Crippen LogP contribution in [0.1, 0.15) is 48.6 Å². The maximum absolute atomic E-state index is 10.8. The minimum Gasteiger partial charge on any atom is -0.489 e. The fraction of sp³-hybridized carbons (Fsp3) is 0.324. The molecular formula is C34H39NO5. The summed E-state index contributed by atoms with van der Waals surface area (Å²) in [5.74, 6) is 6.53. The number of benzene rings is 3. The number of likely N-dealkylation sites (N-methyl/N-ethyl adjacent to an activating group) is 1. The van der Waals surface area contributed by atoms with Crippen LogP contribution in [0.3, 0.4) is 0 Å². The highest BCUT2D eigenvalue weighted by Crippen LogP contribution is 2.28. The number of aliphatic hydroxyl groups excluding tert-OH is 1. The van der Waals surface area contributed by atoms with E-state index in [1.165, 1.54) is 5.56 Å². The molecule has 0 aliphatic rings. The SMILES string of the molecule is Cc1cc(OC/C=C(\c2ccc(C#CCN(C)CCO)cc2)c2ccc(C(C)(C)C)cc2)ccc1OCC(=O)O. The number of aryl methyl sites for hydroxylation is 1. The number of hydrogen-bond donors (Lipinski definition) is 2. The first-order valence-corrected chi connectivity index (χ1v) is 13.3. The molecular weight excluding hydrogens is 502 g/mol. The van der Waals surface area contributed by atoms with Crippen molar-refractivity contribution in [2.24, 2.45) is 0 Å². The van der Waals surface area contributed by atoms with Gasteiger partial charge in [0.2, 0.25) is 0 Å². The van der Waals surface area contributed by atoms with Gasteiger partial charge in [0, 0.05) is 12.1 Å². The average molecular weight is 542 g/mol. The number of carboxylic acids is 1. The molecule has 0 heterocycles. The van der Waals surface area contributed by atoms with Gasteiger partial charge in [0.25, 0.3) is 0 Å². The molecule has 0 unspecified atom stereocenters. The van der Waals surface area contributed by atoms with Crippen LogP contribution in [0.5, 0.6) is 11.5 Å². The number of carbonyl (C=O) groups is 1. The minimum absolute atomic E-state index is 0.0648. The van der Waals surface area contributed by atoms with E-state index in [1.807, 2.05) is 37.1 Å². The van der Waals surface area contributed by atoms with E-state index in [9.17, 15) is 4.79 Å². The Balaban J connectivity index is 1.82. The van der Waals surface area contributed by atoms with E-state index in [-0.39, 0.29) is 18.6 Å². The zero-order valence-electron chi connectivity index (χ0n) is 24.0. The van der Waals surface area contributed by atoms with Crippen LogP contribution in [0.4, 0.5) is 0 Å². The Kier molecular flexibility index (Phi) is 11.0. The van der Waals surface area contributed by atoms with Crippen molar-refractivity contribution in [1.82, 2.24) is 4.90 Å². The van der Waals surface area contributed by atoms with E-state index in [0.717, 1.165) is 27.8 Å². The molecule has 0 radical (unpaired) electrons. The predicted octanol–water partition coefficient (Wildman–Crippen LogP) is 5.54. The lowest BCUT2D eigenvalue weighted by Crippen LogP contribution is -2.22. The summed E-state index contributed by atoms with van der Waals surface area (Å²) in [6.45, 7) is 9.74. The quantitative estimate of drug-likeness (QED) is 0.310. The zero-order chi connectivity index (χ0) is 29.1. The van der Waals surface area contributed by atoms with Crippen LogP contribution in [0, 0.1) is 18.8 Å². The molecule has 40 heavy (non-hydrogen) atoms. The molecule has 0 aromatic heterocycles. The second-order valence-electron chi connectivity index (χ2n) is 10.7. The molecule has 6 nitrogen and oxygen atoms in total. The molecule has 6 heteroatoms. The lowest BCUT2D eigenvalue weighted by atomic mass is 9.85. The Morgan fingerprint density at radius 2 is 1.62 bits per heavy atom. The molecule has 0 saturated heterocycles. The second kappa shape index (κ2) is 14.4. The highest BCUT2D eigenvalue weighted by Gasteiger charge is 2.14. The molecule has 3 aromatic carbocycles. The molecule has 0 amide bonds. The van der Waals surface area contributed by atoms with Crippen LogP contribution in [-0.2, 0) is 10.2 Å². The van der Waals surface area contributed by atoms with Gasteiger partial charge in [-0.1, -0.05) is 69.0 Å². The lowest BCUT2D eigenvalue weighted by molar-refractivity contribution is -0.139. The topological polar surface area (TPSA) is 79.2 Å². The Hall–Kier alpha value is -4.05. The minimum atomic E-state index is -1.02. The fourth-order valence-electron chi connectivity index (χ4n) is 4.05. The number of carboxylic acid groups (broad SMARTS) is 1. The summed E-state index contributed by atoms with van der Waals surface area (Å²) < 4.78 is 11.4. The third-order valence-electron chi connectivity index (χ3n) is 6.36. The van der Waals surface area contributed by atoms with E-state index in [1.54, 1.807) is 12.1 Å². The van der Waals surface area contributed by atoms with Crippen LogP contribution in [0.25, 0.3) is 5.57 Å². The summed E-state index contributed by atoms with van der Waals surface area (Å²) >= 11 is 0. The molecule has 0 bridgehead atoms. The lowest BCUT2D eigenvalue weighted by Gasteiger charge is -2.19. The number of rotatable bonds is 11. The number of aliphatic carboxylic acids is 1. The van der Waals surface area contributed by atoms with Crippen molar-refractivity contribution in [1.29, 1.82) is 0 Å². The Labute approximate surface area is 237 Å². The summed E-state index contributed by atoms with van der Waals surface area (Å²) in [6.07, 6.45) is 2.07. The first-order chi connectivity index (χ1) is 19.1. The summed E-state index contributed by atoms with van der Waals surface area (Å²) in [6, 6.07) is 22.2. The van der Waals surface area contributed by atoms with Gasteiger partial charge < -0.3 is 19.7 Å². The van der Waals surface area contributed by atoms with Crippen molar-refractivity contribution in [3.8, 4) is 23.3 Å². The molecule has 0 spiro atoms. The Morgan fingerprint density at radius 3 is 2.20 bits per heavy atom. The third-order valence-corrected chi connectivity index (χ3v) is 6.36. The van der Waals surface area contributed by atoms with Crippen molar-refractivity contribution in [2.75, 3.05) is 40.0 Å². The highest BCUT2D eigenvalue weighted by atomic mass is 16.5. The standard InChI is InChI=1S/C34H39NO5/c1-25-23-30(16-17-32(25)40-24-33(37)38)39-22-18-31(28-12-14-29(15-13-28)34(2,3)4)27-10-8-26(9-11-27)7-6-19-35(5)20-21-36/h8-18,23,36H,19-22,24H2,1-5H3,(H,37,38)/b31-18+. The van der Waals surface area contributed by atoms with Crippen molar-refractivity contribution >= 4 is 11.5 Å². The molecule has 0 saturated carbocycles. The fourth-order valence-corrected chi connectivity index (χ4v) is 4.05. The molecule has 0 atom stereocenters. The van der Waals surface area contributed by atoms with Crippen molar-refractivity contribution in [3.05, 3.63) is 101 Å². The van der Waals surface area contributed by atoms with Gasteiger partial charge in [-0.15, -0.1) is 0 Å². The summed E-state index contributed by atoms with van der Waals surface area (Å²) in [7, 11) is 1.93. The normalized spacial score (nSPS) is 11.6. The van der Waals surface area contributed by atoms with E-state index in [4.69, 9.17) is 19.7 Å². The molecule has 0 fully saturated rings. The molecule has 0 aliphatic heterocycles. The van der Waals surface area contributed by atoms with Gasteiger partial charge in [-0.2, -0.15) is 0 Å². The average Bonchev–Trinajstić information content (AvgIpc) is 2.91. The first kappa shape index (κ1) is 30.5. The van der Waals surface area contributed by atoms with Crippen LogP contribution in [0.15, 0.2) is 72.8 Å². The van der Waals surface area contributed by atoms with Gasteiger partial charge >= 0.3 is 5.97 Å². The largest absolute Gasteiger partial charge is 0.489 e. The van der Waals surface area contributed by atoms with Gasteiger partial charge in [-0.25, -0.2) is 4.79 Å². The van der Waals surface area contributed by atoms with Crippen molar-refractivity contribution in [3.63, 3.8) is 0 Å². The van der Waals surface area contributed by atoms with E-state index in [2.05, 4.69) is 75.1 Å². The van der Waals surface area contributed by atoms with Crippen LogP contribution in [-0.4, -0.2) is 61.0 Å². The first-order valence-electron chi connectivity index (χ1n) is 13.3. The van der Waals surface area contributed by atoms with Crippen LogP contribution >= 0.6 is 0 Å². The van der Waals surface area contributed by atoms with Gasteiger partial charge in [0.05, 0.1) is 13.2 Å². The predicted molar refractivity (Wildman–Crippen MR) is 160 cm³/mol. The van der Waals surface area contributed by atoms with Gasteiger partial charge in [0.15, 0.2) is 6.61 Å². The van der Waals surface area contributed by atoms with Gasteiger partial charge in [-0.05, 0) is 83.6 Å². The molecule has 3 rings (SSSR count). The maximum atomic E-state index is 10.8. The Bertz CT molecular complexity index is 1360. The van der Waals surface area contributed by atoms with E-state index in [0.29, 0.717) is 31.2 Å². The van der Waals surface area contributed by atoms with Crippen molar-refractivity contribution in [2.45, 2.75) is 33.1 Å². The summed E-state index contributed by atoms with van der Waals surface area (Å²) in [4.78, 5) is 12.8. The van der Waals surface area contributed by atoms with Crippen LogP contribution < -0.4 is 9.47 Å².